The molecule has 0 aromatic carbocycles. The van der Waals surface area contributed by atoms with Crippen LogP contribution in [0.25, 0.3) is 0 Å². The minimum absolute atomic E-state index is 0. The van der Waals surface area contributed by atoms with Crippen molar-refractivity contribution in [2.24, 2.45) is 0 Å². The van der Waals surface area contributed by atoms with Crippen LogP contribution in [0.1, 0.15) is 28.2 Å². The molecule has 0 bridgehead atoms. The molecule has 0 saturated heterocycles. The fourth-order valence-electron chi connectivity index (χ4n) is 1.45. The molecule has 1 atom stereocenters. The Labute approximate surface area is 121 Å². The van der Waals surface area contributed by atoms with Crippen LogP contribution in [0.4, 0.5) is 0 Å². The standard InChI is InChI=1S/C7H21BO4Si3.C2H6.CH4/c1-7(6-9-8,10-13-2)11-15(4,5)12-14-3;1-2;/h6,13-14H2,1-5H3;1-2H3;1H4. The monoisotopic (exact) mass is 310 g/mol. The maximum absolute atomic E-state index is 5.91. The summed E-state index contributed by atoms with van der Waals surface area (Å²) in [4.78, 5) is 0. The molecule has 0 aliphatic rings. The molecule has 0 heterocycles. The minimum Gasteiger partial charge on any atom is -0.442 e. The van der Waals surface area contributed by atoms with Crippen LogP contribution in [0.15, 0.2) is 0 Å². The van der Waals surface area contributed by atoms with E-state index in [2.05, 4.69) is 11.2 Å². The van der Waals surface area contributed by atoms with Crippen LogP contribution in [0.5, 0.6) is 0 Å². The average Bonchev–Trinajstić information content (AvgIpc) is 2.19. The molecule has 0 aliphatic carbocycles. The molecule has 0 aromatic heterocycles. The quantitative estimate of drug-likeness (QED) is 0.503. The van der Waals surface area contributed by atoms with Crippen molar-refractivity contribution in [2.45, 2.75) is 60.2 Å². The third-order valence-corrected chi connectivity index (χ3v) is 7.51. The molecule has 0 spiro atoms. The molecule has 8 heteroatoms. The summed E-state index contributed by atoms with van der Waals surface area (Å²) in [5.41, 5.74) is 0. The van der Waals surface area contributed by atoms with Crippen LogP contribution in [0.3, 0.4) is 0 Å². The predicted molar refractivity (Wildman–Crippen MR) is 87.7 cm³/mol. The van der Waals surface area contributed by atoms with Gasteiger partial charge in [-0.2, -0.15) is 0 Å². The molecule has 0 aliphatic heterocycles. The van der Waals surface area contributed by atoms with E-state index < -0.39 is 33.9 Å². The Kier molecular flexibility index (Phi) is 16.5. The Morgan fingerprint density at radius 3 is 2.00 bits per heavy atom. The van der Waals surface area contributed by atoms with Gasteiger partial charge in [0.25, 0.3) is 8.05 Å². The molecule has 1 unspecified atom stereocenters. The van der Waals surface area contributed by atoms with Gasteiger partial charge in [0.2, 0.25) is 0 Å². The fraction of sp³-hybridized carbons (Fsp3) is 1.00. The summed E-state index contributed by atoms with van der Waals surface area (Å²) in [6.45, 7) is 14.2. The van der Waals surface area contributed by atoms with E-state index in [4.69, 9.17) is 21.0 Å². The van der Waals surface area contributed by atoms with Gasteiger partial charge in [-0.15, -0.1) is 0 Å². The van der Waals surface area contributed by atoms with Crippen molar-refractivity contribution in [3.8, 4) is 0 Å². The molecular formula is C10H31BO4Si3. The van der Waals surface area contributed by atoms with E-state index >= 15 is 0 Å². The first-order chi connectivity index (χ1) is 7.89. The van der Waals surface area contributed by atoms with E-state index in [1.54, 1.807) is 0 Å². The molecule has 0 N–H and O–H groups in total. The van der Waals surface area contributed by atoms with Gasteiger partial charge < -0.3 is 17.6 Å². The number of hydrogen-bond donors (Lipinski definition) is 0. The smallest absolute Gasteiger partial charge is 0.323 e. The van der Waals surface area contributed by atoms with Gasteiger partial charge in [-0.1, -0.05) is 34.4 Å². The summed E-state index contributed by atoms with van der Waals surface area (Å²) in [6.07, 6.45) is 0. The molecular weight excluding hydrogens is 279 g/mol. The largest absolute Gasteiger partial charge is 0.442 e. The molecule has 0 saturated carbocycles. The van der Waals surface area contributed by atoms with Crippen LogP contribution in [-0.4, -0.2) is 48.5 Å². The zero-order valence-electron chi connectivity index (χ0n) is 12.3. The lowest BCUT2D eigenvalue weighted by atomic mass is 10.3. The first kappa shape index (κ1) is 23.6. The summed E-state index contributed by atoms with van der Waals surface area (Å²) in [6, 6.07) is 0. The summed E-state index contributed by atoms with van der Waals surface area (Å²) >= 11 is 0. The zero-order chi connectivity index (χ0) is 13.9. The van der Waals surface area contributed by atoms with Gasteiger partial charge in [0.1, 0.15) is 9.76 Å². The highest BCUT2D eigenvalue weighted by atomic mass is 28.4. The second-order valence-electron chi connectivity index (χ2n) is 3.81. The fourth-order valence-corrected chi connectivity index (χ4v) is 6.50. The van der Waals surface area contributed by atoms with Gasteiger partial charge in [-0.3, -0.25) is 0 Å². The first-order valence-electron chi connectivity index (χ1n) is 6.19. The van der Waals surface area contributed by atoms with E-state index in [1.165, 1.54) is 0 Å². The van der Waals surface area contributed by atoms with Crippen molar-refractivity contribution in [1.29, 1.82) is 0 Å². The second kappa shape index (κ2) is 12.6. The van der Waals surface area contributed by atoms with Gasteiger partial charge >= 0.3 is 8.56 Å². The van der Waals surface area contributed by atoms with Crippen LogP contribution in [0, 0.1) is 0 Å². The average molecular weight is 310 g/mol. The van der Waals surface area contributed by atoms with Crippen LogP contribution >= 0.6 is 0 Å². The Morgan fingerprint density at radius 2 is 1.67 bits per heavy atom. The highest BCUT2D eigenvalue weighted by molar-refractivity contribution is 6.69. The summed E-state index contributed by atoms with van der Waals surface area (Å²) in [5, 5.41) is 0. The Bertz CT molecular complexity index is 179. The Morgan fingerprint density at radius 1 is 1.17 bits per heavy atom. The minimum atomic E-state index is -2.09. The molecule has 18 heavy (non-hydrogen) atoms. The van der Waals surface area contributed by atoms with Crippen LogP contribution < -0.4 is 0 Å². The highest BCUT2D eigenvalue weighted by Crippen LogP contribution is 2.20. The molecule has 4 nitrogen and oxygen atoms in total. The molecule has 2 radical (unpaired) electrons. The van der Waals surface area contributed by atoms with Gasteiger partial charge in [0.15, 0.2) is 15.6 Å². The lowest BCUT2D eigenvalue weighted by Gasteiger charge is -2.37. The van der Waals surface area contributed by atoms with Crippen LogP contribution in [0.2, 0.25) is 26.2 Å². The summed E-state index contributed by atoms with van der Waals surface area (Å²) in [5.74, 6) is -0.741. The van der Waals surface area contributed by atoms with Crippen molar-refractivity contribution in [3.63, 3.8) is 0 Å². The van der Waals surface area contributed by atoms with E-state index in [-0.39, 0.29) is 14.0 Å². The highest BCUT2D eigenvalue weighted by Gasteiger charge is 2.35. The van der Waals surface area contributed by atoms with Crippen molar-refractivity contribution in [3.05, 3.63) is 0 Å². The van der Waals surface area contributed by atoms with Gasteiger partial charge in [-0.05, 0) is 20.0 Å². The summed E-state index contributed by atoms with van der Waals surface area (Å²) < 4.78 is 21.9. The molecule has 110 valence electrons. The Hall–Kier alpha value is 0.556. The predicted octanol–water partition coefficient (Wildman–Crippen LogP) is 1.48. The molecule has 0 amide bonds. The first-order valence-corrected chi connectivity index (χ1v) is 13.0. The van der Waals surface area contributed by atoms with E-state index in [1.807, 2.05) is 40.4 Å². The maximum Gasteiger partial charge on any atom is 0.323 e. The van der Waals surface area contributed by atoms with Crippen molar-refractivity contribution in [2.75, 3.05) is 6.61 Å². The lowest BCUT2D eigenvalue weighted by molar-refractivity contribution is -0.136. The third-order valence-electron chi connectivity index (χ3n) is 1.75. The lowest BCUT2D eigenvalue weighted by Crippen LogP contribution is -2.49. The van der Waals surface area contributed by atoms with Gasteiger partial charge in [-0.25, -0.2) is 0 Å². The van der Waals surface area contributed by atoms with Crippen molar-refractivity contribution in [1.82, 2.24) is 0 Å². The third kappa shape index (κ3) is 11.6. The Balaban J connectivity index is -0.000000709. The van der Waals surface area contributed by atoms with E-state index in [9.17, 15) is 0 Å². The topological polar surface area (TPSA) is 36.9 Å². The molecule has 0 aromatic rings. The van der Waals surface area contributed by atoms with Crippen molar-refractivity contribution < 1.29 is 17.6 Å². The SMILES string of the molecule is C.CC.[B]OCC(C)(O[SiH2]C)O[Si](C)(C)O[SiH2]C. The second-order valence-corrected chi connectivity index (χ2v) is 9.41. The van der Waals surface area contributed by atoms with E-state index in [0.29, 0.717) is 0 Å². The van der Waals surface area contributed by atoms with Gasteiger partial charge in [0, 0.05) is 0 Å². The number of rotatable bonds is 8. The molecule has 0 rings (SSSR count). The molecule has 0 fully saturated rings. The van der Waals surface area contributed by atoms with E-state index in [0.717, 1.165) is 0 Å². The van der Waals surface area contributed by atoms with Crippen molar-refractivity contribution >= 4 is 36.1 Å². The normalized spacial score (nSPS) is 15.3. The number of hydrogen-bond acceptors (Lipinski definition) is 4. The zero-order valence-corrected chi connectivity index (χ0v) is 16.2. The summed E-state index contributed by atoms with van der Waals surface area (Å²) in [7, 11) is 1.94. The van der Waals surface area contributed by atoms with Crippen LogP contribution in [-0.2, 0) is 17.6 Å². The van der Waals surface area contributed by atoms with Gasteiger partial charge in [0.05, 0.1) is 6.61 Å². The maximum atomic E-state index is 5.91.